The molecule has 0 saturated heterocycles. The fourth-order valence-electron chi connectivity index (χ4n) is 4.10. The molecule has 0 aliphatic carbocycles. The molecule has 40 heavy (non-hydrogen) atoms. The molecule has 0 unspecified atom stereocenters. The quantitative estimate of drug-likeness (QED) is 0.254. The van der Waals surface area contributed by atoms with Crippen LogP contribution < -0.4 is 15.8 Å². The predicted octanol–water partition coefficient (Wildman–Crippen LogP) is 4.16. The molecule has 0 bridgehead atoms. The molecule has 2 aromatic carbocycles. The molecule has 2 amide bonds. The van der Waals surface area contributed by atoms with Gasteiger partial charge in [0.15, 0.2) is 0 Å². The lowest BCUT2D eigenvalue weighted by Crippen LogP contribution is -2.63. The highest BCUT2D eigenvalue weighted by Crippen LogP contribution is 2.19. The first kappa shape index (κ1) is 29.9. The molecule has 0 radical (unpaired) electrons. The van der Waals surface area contributed by atoms with Crippen LogP contribution in [0.25, 0.3) is 0 Å². The Kier molecular flexibility index (Phi) is 9.02. The predicted molar refractivity (Wildman–Crippen MR) is 146 cm³/mol. The fraction of sp³-hybridized carbons (Fsp3) is 0.143. The minimum absolute atomic E-state index is 0. The maximum atomic E-state index is 14.4. The molecule has 208 valence electrons. The lowest BCUT2D eigenvalue weighted by molar-refractivity contribution is -0.121. The number of amides is 2. The number of rotatable bonds is 8. The van der Waals surface area contributed by atoms with Crippen molar-refractivity contribution in [3.8, 4) is 0 Å². The van der Waals surface area contributed by atoms with Gasteiger partial charge >= 0.3 is 0 Å². The molecule has 0 spiro atoms. The zero-order chi connectivity index (χ0) is 28.4. The summed E-state index contributed by atoms with van der Waals surface area (Å²) in [6, 6.07) is 16.8. The molecule has 12 heteroatoms. The van der Waals surface area contributed by atoms with Gasteiger partial charge in [0.2, 0.25) is 11.6 Å². The number of carbonyl (C=O) groups excluding carboxylic acids is 4. The van der Waals surface area contributed by atoms with Crippen LogP contribution in [0.2, 0.25) is 0 Å². The van der Waals surface area contributed by atoms with Gasteiger partial charge in [-0.3, -0.25) is 19.2 Å². The molecular weight excluding hydrogens is 544 g/mol. The maximum Gasteiger partial charge on any atom is 0.254 e. The van der Waals surface area contributed by atoms with E-state index < -0.39 is 35.0 Å². The topological polar surface area (TPSA) is 96.7 Å². The van der Waals surface area contributed by atoms with Crippen molar-refractivity contribution >= 4 is 35.8 Å². The van der Waals surface area contributed by atoms with Crippen molar-refractivity contribution in [2.24, 2.45) is 0 Å². The van der Waals surface area contributed by atoms with Gasteiger partial charge in [-0.25, -0.2) is 18.1 Å². The normalized spacial score (nSPS) is 10.6. The van der Waals surface area contributed by atoms with Gasteiger partial charge in [-0.1, -0.05) is 29.8 Å². The zero-order valence-corrected chi connectivity index (χ0v) is 22.8. The van der Waals surface area contributed by atoms with Crippen molar-refractivity contribution in [3.05, 3.63) is 118 Å². The largest absolute Gasteiger partial charge is 0.287 e. The highest BCUT2D eigenvalue weighted by Gasteiger charge is 2.29. The van der Waals surface area contributed by atoms with Crippen LogP contribution in [0.3, 0.4) is 0 Å². The molecule has 1 N–H and O–H groups in total. The third-order valence-corrected chi connectivity index (χ3v) is 5.98. The Balaban J connectivity index is 0.00000441. The van der Waals surface area contributed by atoms with E-state index in [-0.39, 0.29) is 34.9 Å². The van der Waals surface area contributed by atoms with Crippen LogP contribution in [-0.2, 0) is 9.59 Å². The lowest BCUT2D eigenvalue weighted by Gasteiger charge is -2.33. The molecule has 4 rings (SSSR count). The summed E-state index contributed by atoms with van der Waals surface area (Å²) < 4.78 is 31.2. The van der Waals surface area contributed by atoms with Gasteiger partial charge in [-0.15, -0.1) is 12.4 Å². The number of halogens is 3. The van der Waals surface area contributed by atoms with E-state index in [9.17, 15) is 28.0 Å². The average molecular weight is 570 g/mol. The Labute approximate surface area is 234 Å². The Morgan fingerprint density at radius 3 is 1.30 bits per heavy atom. The second-order valence-corrected chi connectivity index (χ2v) is 8.72. The number of aromatic nitrogens is 2. The van der Waals surface area contributed by atoms with E-state index in [0.717, 1.165) is 22.4 Å². The Morgan fingerprint density at radius 2 is 0.975 bits per heavy atom. The Hall–Kier alpha value is -4.61. The van der Waals surface area contributed by atoms with E-state index in [1.54, 1.807) is 26.0 Å². The molecule has 0 aliphatic rings. The van der Waals surface area contributed by atoms with Crippen molar-refractivity contribution in [1.82, 2.24) is 14.9 Å². The van der Waals surface area contributed by atoms with Gasteiger partial charge in [0, 0.05) is 25.2 Å². The number of nitrogens with zero attached hydrogens (tertiary/aromatic N) is 4. The van der Waals surface area contributed by atoms with Crippen molar-refractivity contribution in [2.75, 3.05) is 10.2 Å². The molecule has 0 saturated carbocycles. The first-order valence-electron chi connectivity index (χ1n) is 11.9. The summed E-state index contributed by atoms with van der Waals surface area (Å²) in [5, 5.41) is 1.78. The van der Waals surface area contributed by atoms with E-state index in [4.69, 9.17) is 0 Å². The molecule has 9 nitrogen and oxygen atoms in total. The molecule has 0 aliphatic heterocycles. The first-order valence-corrected chi connectivity index (χ1v) is 11.9. The van der Waals surface area contributed by atoms with E-state index in [0.29, 0.717) is 11.4 Å². The standard InChI is InChI=1S/C28H25F2N5O4.ClH/c1-17-13-15-25(27(38)21-9-5-7-11-23(21)29)32(17)34(19(3)36)31-35(20(4)37)33-18(2)14-16-26(33)28(39)22-10-6-8-12-24(22)30;/h5-16,31H,1-4H3;1H. The highest BCUT2D eigenvalue weighted by molar-refractivity contribution is 6.09. The van der Waals surface area contributed by atoms with Gasteiger partial charge < -0.3 is 0 Å². The molecular formula is C28H26ClF2N5O4. The second kappa shape index (κ2) is 12.1. The second-order valence-electron chi connectivity index (χ2n) is 8.72. The summed E-state index contributed by atoms with van der Waals surface area (Å²) in [7, 11) is 0. The SMILES string of the molecule is CC(=O)N(NN(C(C)=O)n1c(C)ccc1C(=O)c1ccccc1F)n1c(C)ccc1C(=O)c1ccccc1F.Cl. The van der Waals surface area contributed by atoms with Gasteiger partial charge in [-0.2, -0.15) is 10.2 Å². The summed E-state index contributed by atoms with van der Waals surface area (Å²) in [5.41, 5.74) is 2.95. The number of hydrogen-bond acceptors (Lipinski definition) is 5. The van der Waals surface area contributed by atoms with Gasteiger partial charge in [0.05, 0.1) is 11.1 Å². The number of benzene rings is 2. The minimum atomic E-state index is -0.736. The Morgan fingerprint density at radius 1 is 0.625 bits per heavy atom. The highest BCUT2D eigenvalue weighted by atomic mass is 35.5. The first-order chi connectivity index (χ1) is 18.5. The fourth-order valence-corrected chi connectivity index (χ4v) is 4.10. The summed E-state index contributed by atoms with van der Waals surface area (Å²) in [4.78, 5) is 52.3. The van der Waals surface area contributed by atoms with Crippen LogP contribution in [0.1, 0.15) is 57.3 Å². The number of aryl methyl sites for hydroxylation is 2. The number of hydrazine groups is 2. The van der Waals surface area contributed by atoms with Crippen LogP contribution >= 0.6 is 12.4 Å². The lowest BCUT2D eigenvalue weighted by atomic mass is 10.1. The molecule has 4 aromatic rings. The van der Waals surface area contributed by atoms with E-state index >= 15 is 0 Å². The van der Waals surface area contributed by atoms with Crippen molar-refractivity contribution in [2.45, 2.75) is 27.7 Å². The minimum Gasteiger partial charge on any atom is -0.287 e. The average Bonchev–Trinajstić information content (AvgIpc) is 3.46. The molecule has 2 aromatic heterocycles. The van der Waals surface area contributed by atoms with Crippen LogP contribution in [0.5, 0.6) is 0 Å². The summed E-state index contributed by atoms with van der Waals surface area (Å²) >= 11 is 0. The van der Waals surface area contributed by atoms with Gasteiger partial charge in [0.1, 0.15) is 23.0 Å². The van der Waals surface area contributed by atoms with Gasteiger partial charge in [-0.05, 0) is 62.4 Å². The van der Waals surface area contributed by atoms with Crippen LogP contribution in [-0.4, -0.2) is 32.7 Å². The smallest absolute Gasteiger partial charge is 0.254 e. The summed E-state index contributed by atoms with van der Waals surface area (Å²) in [5.74, 6) is -4.16. The summed E-state index contributed by atoms with van der Waals surface area (Å²) in [6.45, 7) is 5.61. The van der Waals surface area contributed by atoms with Crippen LogP contribution in [0.4, 0.5) is 8.78 Å². The monoisotopic (exact) mass is 569 g/mol. The maximum absolute atomic E-state index is 14.4. The van der Waals surface area contributed by atoms with E-state index in [1.807, 2.05) is 0 Å². The van der Waals surface area contributed by atoms with Crippen molar-refractivity contribution < 1.29 is 28.0 Å². The van der Waals surface area contributed by atoms with E-state index in [2.05, 4.69) is 5.53 Å². The van der Waals surface area contributed by atoms with E-state index in [1.165, 1.54) is 71.7 Å². The third kappa shape index (κ3) is 5.56. The molecule has 0 atom stereocenters. The van der Waals surface area contributed by atoms with Crippen molar-refractivity contribution in [3.63, 3.8) is 0 Å². The number of carbonyl (C=O) groups is 4. The summed E-state index contributed by atoms with van der Waals surface area (Å²) in [6.07, 6.45) is 0. The zero-order valence-electron chi connectivity index (χ0n) is 22.0. The Bertz CT molecular complexity index is 1500. The van der Waals surface area contributed by atoms with Gasteiger partial charge in [0.25, 0.3) is 11.8 Å². The number of hydrogen-bond donors (Lipinski definition) is 1. The van der Waals surface area contributed by atoms with Crippen LogP contribution in [0.15, 0.2) is 72.8 Å². The number of ketones is 2. The molecule has 0 fully saturated rings. The third-order valence-electron chi connectivity index (χ3n) is 5.98. The van der Waals surface area contributed by atoms with Crippen LogP contribution in [0, 0.1) is 25.5 Å². The van der Waals surface area contributed by atoms with Crippen molar-refractivity contribution in [1.29, 1.82) is 0 Å². The molecule has 2 heterocycles. The number of nitrogens with one attached hydrogen (secondary N) is 1.